The van der Waals surface area contributed by atoms with Crippen LogP contribution in [0.5, 0.6) is 0 Å². The summed E-state index contributed by atoms with van der Waals surface area (Å²) in [5.41, 5.74) is 9.70. The number of benzene rings is 1. The van der Waals surface area contributed by atoms with E-state index in [9.17, 15) is 10.1 Å². The zero-order chi connectivity index (χ0) is 21.3. The Labute approximate surface area is 195 Å². The van der Waals surface area contributed by atoms with E-state index in [0.717, 1.165) is 57.5 Å². The normalized spacial score (nSPS) is 19.2. The molecular formula is C24H24IN3OS. The minimum Gasteiger partial charge on any atom is -0.384 e. The van der Waals surface area contributed by atoms with Crippen molar-refractivity contribution >= 4 is 45.4 Å². The second kappa shape index (κ2) is 8.94. The van der Waals surface area contributed by atoms with Gasteiger partial charge in [0.25, 0.3) is 0 Å². The number of anilines is 1. The molecule has 0 amide bonds. The van der Waals surface area contributed by atoms with Gasteiger partial charge < -0.3 is 5.73 Å². The van der Waals surface area contributed by atoms with Crippen LogP contribution < -0.4 is 10.6 Å². The van der Waals surface area contributed by atoms with Crippen LogP contribution in [-0.2, 0) is 11.2 Å². The molecule has 0 bridgehead atoms. The molecule has 4 rings (SSSR count). The van der Waals surface area contributed by atoms with Crippen LogP contribution in [0.1, 0.15) is 54.7 Å². The Bertz CT molecular complexity index is 1070. The molecule has 0 saturated heterocycles. The Balaban J connectivity index is 1.86. The highest BCUT2D eigenvalue weighted by Gasteiger charge is 2.40. The molecule has 1 aliphatic carbocycles. The van der Waals surface area contributed by atoms with Gasteiger partial charge in [0.1, 0.15) is 5.82 Å². The van der Waals surface area contributed by atoms with Crippen molar-refractivity contribution in [1.82, 2.24) is 0 Å². The molecule has 0 spiro atoms. The highest BCUT2D eigenvalue weighted by atomic mass is 127. The number of Topliss-reactive ketones (excluding diaryl/α,β-unsaturated/α-hetero) is 1. The number of carbonyl (C=O) groups excluding carboxylic acids is 1. The third-order valence-corrected chi connectivity index (χ3v) is 7.67. The van der Waals surface area contributed by atoms with E-state index >= 15 is 0 Å². The number of halogens is 1. The Morgan fingerprint density at radius 2 is 2.00 bits per heavy atom. The van der Waals surface area contributed by atoms with Gasteiger partial charge in [0, 0.05) is 36.7 Å². The summed E-state index contributed by atoms with van der Waals surface area (Å²) in [6.45, 7) is 2.18. The molecule has 4 nitrogen and oxygen atoms in total. The SMILES string of the molecule is CCCCc1ccc(C2C(C#N)=C(N)N(c3ccc(I)cc3)C3=C2C(=O)CCC3)s1. The first-order chi connectivity index (χ1) is 14.5. The molecule has 2 aliphatic rings. The van der Waals surface area contributed by atoms with Crippen molar-refractivity contribution < 1.29 is 4.79 Å². The molecule has 1 aromatic carbocycles. The van der Waals surface area contributed by atoms with Crippen LogP contribution in [0.25, 0.3) is 0 Å². The Kier molecular flexibility index (Phi) is 6.30. The van der Waals surface area contributed by atoms with Gasteiger partial charge in [-0.25, -0.2) is 0 Å². The van der Waals surface area contributed by atoms with E-state index in [2.05, 4.69) is 47.7 Å². The largest absolute Gasteiger partial charge is 0.384 e. The minimum atomic E-state index is -0.349. The summed E-state index contributed by atoms with van der Waals surface area (Å²) in [5, 5.41) is 10.1. The van der Waals surface area contributed by atoms with Crippen LogP contribution in [0.15, 0.2) is 59.1 Å². The number of nitrogens with zero attached hydrogens (tertiary/aromatic N) is 2. The summed E-state index contributed by atoms with van der Waals surface area (Å²) in [5.74, 6) is 0.236. The number of carbonyl (C=O) groups is 1. The van der Waals surface area contributed by atoms with Gasteiger partial charge in [-0.3, -0.25) is 9.69 Å². The lowest BCUT2D eigenvalue weighted by molar-refractivity contribution is -0.116. The fourth-order valence-electron chi connectivity index (χ4n) is 4.29. The molecule has 0 saturated carbocycles. The maximum Gasteiger partial charge on any atom is 0.161 e. The number of thiophene rings is 1. The van der Waals surface area contributed by atoms with E-state index in [4.69, 9.17) is 5.73 Å². The number of allylic oxidation sites excluding steroid dienone is 3. The Morgan fingerprint density at radius 1 is 1.23 bits per heavy atom. The summed E-state index contributed by atoms with van der Waals surface area (Å²) in [6.07, 6.45) is 5.45. The Morgan fingerprint density at radius 3 is 2.70 bits per heavy atom. The third kappa shape index (κ3) is 3.81. The highest BCUT2D eigenvalue weighted by Crippen LogP contribution is 2.47. The van der Waals surface area contributed by atoms with Crippen molar-refractivity contribution in [2.24, 2.45) is 5.73 Å². The predicted molar refractivity (Wildman–Crippen MR) is 130 cm³/mol. The number of nitriles is 1. The van der Waals surface area contributed by atoms with Crippen molar-refractivity contribution in [2.45, 2.75) is 51.4 Å². The zero-order valence-electron chi connectivity index (χ0n) is 17.0. The van der Waals surface area contributed by atoms with Gasteiger partial charge in [0.15, 0.2) is 5.78 Å². The summed E-state index contributed by atoms with van der Waals surface area (Å²) >= 11 is 3.98. The van der Waals surface area contributed by atoms with E-state index in [1.165, 1.54) is 4.88 Å². The maximum atomic E-state index is 13.1. The molecule has 1 aliphatic heterocycles. The minimum absolute atomic E-state index is 0.139. The first kappa shape index (κ1) is 21.1. The van der Waals surface area contributed by atoms with Crippen LogP contribution in [0.3, 0.4) is 0 Å². The summed E-state index contributed by atoms with van der Waals surface area (Å²) in [4.78, 5) is 17.4. The fourth-order valence-corrected chi connectivity index (χ4v) is 5.83. The van der Waals surface area contributed by atoms with E-state index < -0.39 is 0 Å². The molecule has 1 unspecified atom stereocenters. The fraction of sp³-hybridized carbons (Fsp3) is 0.333. The van der Waals surface area contributed by atoms with E-state index in [1.54, 1.807) is 11.3 Å². The molecular weight excluding hydrogens is 505 g/mol. The monoisotopic (exact) mass is 529 g/mol. The number of aryl methyl sites for hydroxylation is 1. The number of hydrogen-bond acceptors (Lipinski definition) is 5. The molecule has 0 fully saturated rings. The zero-order valence-corrected chi connectivity index (χ0v) is 19.9. The standard InChI is InChI=1S/C24H24IN3OS/c1-2-3-5-17-12-13-21(30-17)22-18(14-26)24(27)28(16-10-8-15(25)9-11-16)19-6-4-7-20(29)23(19)22/h8-13,22H,2-7,27H2,1H3. The van der Waals surface area contributed by atoms with Crippen molar-refractivity contribution in [2.75, 3.05) is 4.90 Å². The summed E-state index contributed by atoms with van der Waals surface area (Å²) < 4.78 is 1.13. The van der Waals surface area contributed by atoms with Crippen molar-refractivity contribution in [3.63, 3.8) is 0 Å². The highest BCUT2D eigenvalue weighted by molar-refractivity contribution is 14.1. The number of rotatable bonds is 5. The van der Waals surface area contributed by atoms with Gasteiger partial charge in [0.05, 0.1) is 17.6 Å². The van der Waals surface area contributed by atoms with Gasteiger partial charge in [-0.15, -0.1) is 11.3 Å². The quantitative estimate of drug-likeness (QED) is 0.483. The van der Waals surface area contributed by atoms with Crippen molar-refractivity contribution in [3.8, 4) is 6.07 Å². The van der Waals surface area contributed by atoms with Crippen molar-refractivity contribution in [3.05, 3.63) is 72.4 Å². The summed E-state index contributed by atoms with van der Waals surface area (Å²) in [7, 11) is 0. The first-order valence-corrected chi connectivity index (χ1v) is 12.2. The molecule has 1 atom stereocenters. The topological polar surface area (TPSA) is 70.1 Å². The van der Waals surface area contributed by atoms with E-state index in [0.29, 0.717) is 17.8 Å². The van der Waals surface area contributed by atoms with Crippen LogP contribution in [0, 0.1) is 14.9 Å². The van der Waals surface area contributed by atoms with E-state index in [-0.39, 0.29) is 11.7 Å². The van der Waals surface area contributed by atoms with Gasteiger partial charge in [-0.2, -0.15) is 5.26 Å². The second-order valence-corrected chi connectivity index (χ2v) is 10.1. The van der Waals surface area contributed by atoms with Crippen molar-refractivity contribution in [1.29, 1.82) is 5.26 Å². The summed E-state index contributed by atoms with van der Waals surface area (Å²) in [6, 6.07) is 14.6. The number of ketones is 1. The van der Waals surface area contributed by atoms with Crippen LogP contribution in [-0.4, -0.2) is 5.78 Å². The maximum absolute atomic E-state index is 13.1. The number of nitrogens with two attached hydrogens (primary N) is 1. The van der Waals surface area contributed by atoms with Gasteiger partial charge in [0.2, 0.25) is 0 Å². The molecule has 30 heavy (non-hydrogen) atoms. The molecule has 2 aromatic rings. The number of hydrogen-bond donors (Lipinski definition) is 1. The lowest BCUT2D eigenvalue weighted by atomic mass is 9.78. The molecule has 0 radical (unpaired) electrons. The predicted octanol–water partition coefficient (Wildman–Crippen LogP) is 6.00. The van der Waals surface area contributed by atoms with Gasteiger partial charge in [-0.05, 0) is 84.7 Å². The smallest absolute Gasteiger partial charge is 0.161 e. The van der Waals surface area contributed by atoms with Crippen LogP contribution in [0.4, 0.5) is 5.69 Å². The molecule has 2 heterocycles. The first-order valence-electron chi connectivity index (χ1n) is 10.4. The van der Waals surface area contributed by atoms with Gasteiger partial charge in [-0.1, -0.05) is 13.3 Å². The van der Waals surface area contributed by atoms with E-state index in [1.807, 2.05) is 29.2 Å². The molecule has 1 aromatic heterocycles. The second-order valence-electron chi connectivity index (χ2n) is 7.70. The van der Waals surface area contributed by atoms with Gasteiger partial charge >= 0.3 is 0 Å². The third-order valence-electron chi connectivity index (χ3n) is 5.74. The molecule has 2 N–H and O–H groups in total. The molecule has 6 heteroatoms. The van der Waals surface area contributed by atoms with Crippen LogP contribution in [0.2, 0.25) is 0 Å². The lowest BCUT2D eigenvalue weighted by Crippen LogP contribution is -2.38. The van der Waals surface area contributed by atoms with Crippen LogP contribution >= 0.6 is 33.9 Å². The molecule has 154 valence electrons. The number of unbranched alkanes of at least 4 members (excludes halogenated alkanes) is 1. The average molecular weight is 529 g/mol. The lowest BCUT2D eigenvalue weighted by Gasteiger charge is -2.39. The Hall–Kier alpha value is -2.11. The average Bonchev–Trinajstić information content (AvgIpc) is 3.21.